The molecule has 27 heavy (non-hydrogen) atoms. The SMILES string of the molecule is O=C1C2C3C=CC(C4CC34)C2C(=O)N1/N=C/c1cc([N+](=O)[O-])cc(Br)c1O. The summed E-state index contributed by atoms with van der Waals surface area (Å²) >= 11 is 3.06. The number of allylic oxidation sites excluding steroid dienone is 2. The maximum atomic E-state index is 12.8. The monoisotopic (exact) mass is 431 g/mol. The van der Waals surface area contributed by atoms with E-state index in [1.54, 1.807) is 0 Å². The Balaban J connectivity index is 1.47. The number of imide groups is 1. The molecule has 0 radical (unpaired) electrons. The summed E-state index contributed by atoms with van der Waals surface area (Å²) in [6.07, 6.45) is 6.34. The van der Waals surface area contributed by atoms with Crippen LogP contribution in [0.3, 0.4) is 0 Å². The van der Waals surface area contributed by atoms with Gasteiger partial charge >= 0.3 is 0 Å². The molecule has 8 nitrogen and oxygen atoms in total. The van der Waals surface area contributed by atoms with Crippen LogP contribution in [0.1, 0.15) is 12.0 Å². The van der Waals surface area contributed by atoms with Crippen molar-refractivity contribution in [3.05, 3.63) is 44.4 Å². The topological polar surface area (TPSA) is 113 Å². The number of non-ortho nitro benzene ring substituents is 1. The molecule has 0 spiro atoms. The number of rotatable bonds is 3. The number of benzene rings is 1. The zero-order valence-corrected chi connectivity index (χ0v) is 15.4. The summed E-state index contributed by atoms with van der Waals surface area (Å²) < 4.78 is 0.133. The maximum Gasteiger partial charge on any atom is 0.271 e. The highest BCUT2D eigenvalue weighted by Gasteiger charge is 2.67. The number of phenolic OH excluding ortho intramolecular Hbond substituents is 1. The third-order valence-corrected chi connectivity index (χ3v) is 6.84. The lowest BCUT2D eigenvalue weighted by Crippen LogP contribution is -2.40. The standard InChI is InChI=1S/C18H14BrN3O5/c19-13-4-8(22(26)27)3-7(16(13)23)6-20-21-17(24)14-9-1-2-10(12-5-11(9)12)15(14)18(21)25/h1-4,6,9-12,14-15,23H,5H2/b20-6+. The molecule has 6 unspecified atom stereocenters. The van der Waals surface area contributed by atoms with E-state index in [1.807, 2.05) is 0 Å². The van der Waals surface area contributed by atoms with Gasteiger partial charge in [0.05, 0.1) is 27.4 Å². The van der Waals surface area contributed by atoms with Gasteiger partial charge < -0.3 is 5.11 Å². The predicted molar refractivity (Wildman–Crippen MR) is 96.6 cm³/mol. The number of nitro groups is 1. The lowest BCUT2D eigenvalue weighted by Gasteiger charge is -2.37. The third kappa shape index (κ3) is 2.24. The molecule has 9 heteroatoms. The fraction of sp³-hybridized carbons (Fsp3) is 0.389. The van der Waals surface area contributed by atoms with Crippen LogP contribution in [-0.4, -0.2) is 33.1 Å². The van der Waals surface area contributed by atoms with E-state index in [0.29, 0.717) is 11.8 Å². The molecule has 1 N–H and O–H groups in total. The molecule has 138 valence electrons. The number of halogens is 1. The Bertz CT molecular complexity index is 938. The zero-order valence-electron chi connectivity index (χ0n) is 13.9. The van der Waals surface area contributed by atoms with E-state index in [-0.39, 0.29) is 57.0 Å². The summed E-state index contributed by atoms with van der Waals surface area (Å²) in [5.74, 6) is -0.423. The number of nitro benzene ring substituents is 1. The van der Waals surface area contributed by atoms with Gasteiger partial charge in [-0.25, -0.2) is 0 Å². The molecule has 1 aromatic rings. The summed E-state index contributed by atoms with van der Waals surface area (Å²) in [6.45, 7) is 0. The number of amides is 2. The van der Waals surface area contributed by atoms with Crippen molar-refractivity contribution in [3.8, 4) is 5.75 Å². The van der Waals surface area contributed by atoms with Crippen LogP contribution in [0, 0.1) is 45.6 Å². The van der Waals surface area contributed by atoms with Gasteiger partial charge in [0.1, 0.15) is 5.75 Å². The van der Waals surface area contributed by atoms with Crippen molar-refractivity contribution in [2.75, 3.05) is 0 Å². The molecular weight excluding hydrogens is 418 g/mol. The lowest BCUT2D eigenvalue weighted by molar-refractivity contribution is -0.385. The minimum Gasteiger partial charge on any atom is -0.506 e. The Kier molecular flexibility index (Phi) is 3.37. The Morgan fingerprint density at radius 3 is 2.33 bits per heavy atom. The number of hydrogen-bond acceptors (Lipinski definition) is 6. The Morgan fingerprint density at radius 1 is 1.19 bits per heavy atom. The van der Waals surface area contributed by atoms with Gasteiger partial charge in [-0.2, -0.15) is 10.1 Å². The Labute approximate surface area is 161 Å². The number of aromatic hydroxyl groups is 1. The van der Waals surface area contributed by atoms with E-state index in [1.165, 1.54) is 6.07 Å². The Morgan fingerprint density at radius 2 is 1.78 bits per heavy atom. The van der Waals surface area contributed by atoms with E-state index in [0.717, 1.165) is 23.7 Å². The second kappa shape index (κ2) is 5.48. The second-order valence-corrected chi connectivity index (χ2v) is 8.36. The average Bonchev–Trinajstić information content (AvgIpc) is 3.42. The van der Waals surface area contributed by atoms with Crippen molar-refractivity contribution in [1.82, 2.24) is 5.01 Å². The molecule has 1 aromatic carbocycles. The molecule has 1 heterocycles. The molecular formula is C18H14BrN3O5. The van der Waals surface area contributed by atoms with E-state index in [4.69, 9.17) is 0 Å². The van der Waals surface area contributed by atoms with Crippen LogP contribution in [0.4, 0.5) is 5.69 Å². The molecule has 2 saturated carbocycles. The van der Waals surface area contributed by atoms with Gasteiger partial charge in [-0.15, -0.1) is 0 Å². The minimum absolute atomic E-state index is 0.0514. The van der Waals surface area contributed by atoms with Crippen molar-refractivity contribution in [1.29, 1.82) is 0 Å². The molecule has 1 saturated heterocycles. The first-order chi connectivity index (χ1) is 12.9. The molecule has 5 aliphatic rings. The largest absolute Gasteiger partial charge is 0.506 e. The van der Waals surface area contributed by atoms with Gasteiger partial charge in [0.2, 0.25) is 0 Å². The number of hydrogen-bond donors (Lipinski definition) is 1. The van der Waals surface area contributed by atoms with Gasteiger partial charge in [0.15, 0.2) is 0 Å². The summed E-state index contributed by atoms with van der Waals surface area (Å²) in [5, 5.41) is 26.0. The first kappa shape index (κ1) is 16.6. The van der Waals surface area contributed by atoms with Gasteiger partial charge in [-0.1, -0.05) is 12.2 Å². The summed E-state index contributed by atoms with van der Waals surface area (Å²) in [7, 11) is 0. The van der Waals surface area contributed by atoms with Crippen molar-refractivity contribution in [3.63, 3.8) is 0 Å². The van der Waals surface area contributed by atoms with Gasteiger partial charge in [-0.3, -0.25) is 19.7 Å². The fourth-order valence-corrected chi connectivity index (χ4v) is 5.45. The average molecular weight is 432 g/mol. The number of hydrazone groups is 1. The molecule has 6 atom stereocenters. The van der Waals surface area contributed by atoms with Crippen LogP contribution < -0.4 is 0 Å². The minimum atomic E-state index is -0.599. The Hall–Kier alpha value is -2.55. The van der Waals surface area contributed by atoms with Crippen molar-refractivity contribution in [2.24, 2.45) is 40.6 Å². The van der Waals surface area contributed by atoms with Crippen molar-refractivity contribution >= 4 is 39.6 Å². The zero-order chi connectivity index (χ0) is 19.0. The third-order valence-electron chi connectivity index (χ3n) is 6.24. The summed E-state index contributed by atoms with van der Waals surface area (Å²) in [5.41, 5.74) is -0.188. The first-order valence-corrected chi connectivity index (χ1v) is 9.45. The van der Waals surface area contributed by atoms with Crippen LogP contribution in [0.15, 0.2) is 33.9 Å². The van der Waals surface area contributed by atoms with Crippen LogP contribution in [0.25, 0.3) is 0 Å². The second-order valence-electron chi connectivity index (χ2n) is 7.51. The highest BCUT2D eigenvalue weighted by molar-refractivity contribution is 9.10. The molecule has 2 amide bonds. The number of nitrogens with zero attached hydrogens (tertiary/aromatic N) is 3. The molecule has 4 aliphatic carbocycles. The van der Waals surface area contributed by atoms with Crippen molar-refractivity contribution < 1.29 is 19.6 Å². The van der Waals surface area contributed by atoms with Crippen LogP contribution in [0.2, 0.25) is 0 Å². The van der Waals surface area contributed by atoms with Crippen LogP contribution in [0.5, 0.6) is 5.75 Å². The maximum absolute atomic E-state index is 12.8. The lowest BCUT2D eigenvalue weighted by atomic mass is 9.63. The van der Waals surface area contributed by atoms with E-state index in [2.05, 4.69) is 33.2 Å². The van der Waals surface area contributed by atoms with Gasteiger partial charge in [0.25, 0.3) is 17.5 Å². The molecule has 2 bridgehead atoms. The number of carbonyl (C=O) groups is 2. The normalized spacial score (nSPS) is 35.7. The highest BCUT2D eigenvalue weighted by Crippen LogP contribution is 2.65. The van der Waals surface area contributed by atoms with Crippen LogP contribution in [-0.2, 0) is 9.59 Å². The quantitative estimate of drug-likeness (QED) is 0.259. The van der Waals surface area contributed by atoms with E-state index >= 15 is 0 Å². The summed E-state index contributed by atoms with van der Waals surface area (Å²) in [6, 6.07) is 2.31. The molecule has 3 fully saturated rings. The number of phenols is 1. The van der Waals surface area contributed by atoms with Gasteiger partial charge in [-0.05, 0) is 46.0 Å². The highest BCUT2D eigenvalue weighted by atomic mass is 79.9. The first-order valence-electron chi connectivity index (χ1n) is 8.65. The molecule has 1 aliphatic heterocycles. The molecule has 0 aromatic heterocycles. The van der Waals surface area contributed by atoms with Gasteiger partial charge in [0, 0.05) is 17.7 Å². The smallest absolute Gasteiger partial charge is 0.271 e. The molecule has 6 rings (SSSR count). The predicted octanol–water partition coefficient (Wildman–Crippen LogP) is 2.45. The van der Waals surface area contributed by atoms with E-state index < -0.39 is 4.92 Å². The van der Waals surface area contributed by atoms with Crippen molar-refractivity contribution in [2.45, 2.75) is 6.42 Å². The fourth-order valence-electron chi connectivity index (χ4n) is 4.98. The summed E-state index contributed by atoms with van der Waals surface area (Å²) in [4.78, 5) is 36.1. The van der Waals surface area contributed by atoms with E-state index in [9.17, 15) is 24.8 Å². The number of carbonyl (C=O) groups excluding carboxylic acids is 2. The van der Waals surface area contributed by atoms with Crippen LogP contribution >= 0.6 is 15.9 Å².